The summed E-state index contributed by atoms with van der Waals surface area (Å²) >= 11 is 0. The predicted octanol–water partition coefficient (Wildman–Crippen LogP) is 2.55. The summed E-state index contributed by atoms with van der Waals surface area (Å²) in [5.74, 6) is 1.19. The second-order valence-electron chi connectivity index (χ2n) is 6.53. The van der Waals surface area contributed by atoms with Crippen LogP contribution in [-0.4, -0.2) is 52.1 Å². The molecule has 10 nitrogen and oxygen atoms in total. The van der Waals surface area contributed by atoms with Crippen LogP contribution in [0.2, 0.25) is 0 Å². The van der Waals surface area contributed by atoms with Crippen molar-refractivity contribution in [1.29, 1.82) is 0 Å². The minimum atomic E-state index is -0.131. The van der Waals surface area contributed by atoms with Gasteiger partial charge in [-0.2, -0.15) is 5.10 Å². The third kappa shape index (κ3) is 4.21. The summed E-state index contributed by atoms with van der Waals surface area (Å²) in [5.41, 5.74) is 2.44. The number of urea groups is 1. The van der Waals surface area contributed by atoms with Crippen molar-refractivity contribution in [3.8, 4) is 11.3 Å². The molecule has 0 radical (unpaired) electrons. The highest BCUT2D eigenvalue weighted by molar-refractivity contribution is 5.93. The molecule has 0 aliphatic carbocycles. The Morgan fingerprint density at radius 1 is 1.31 bits per heavy atom. The summed E-state index contributed by atoms with van der Waals surface area (Å²) in [6, 6.07) is 3.89. The zero-order chi connectivity index (χ0) is 20.2. The maximum Gasteiger partial charge on any atom is 0.323 e. The first-order chi connectivity index (χ1) is 14.1. The fourth-order valence-corrected chi connectivity index (χ4v) is 3.02. The van der Waals surface area contributed by atoms with Crippen molar-refractivity contribution < 1.29 is 13.9 Å². The van der Waals surface area contributed by atoms with Crippen molar-refractivity contribution in [2.75, 3.05) is 36.5 Å². The van der Waals surface area contributed by atoms with Crippen LogP contribution in [-0.2, 0) is 11.3 Å². The van der Waals surface area contributed by atoms with E-state index in [9.17, 15) is 4.79 Å². The molecule has 0 spiro atoms. The molecule has 2 amide bonds. The number of oxazole rings is 1. The van der Waals surface area contributed by atoms with Gasteiger partial charge in [0.2, 0.25) is 0 Å². The molecule has 29 heavy (non-hydrogen) atoms. The predicted molar refractivity (Wildman–Crippen MR) is 107 cm³/mol. The second kappa shape index (κ2) is 8.31. The zero-order valence-corrected chi connectivity index (χ0v) is 16.4. The Balaban J connectivity index is 1.43. The number of rotatable bonds is 8. The first-order valence-electron chi connectivity index (χ1n) is 9.50. The molecule has 3 aromatic heterocycles. The number of hydrogen-bond donors (Lipinski definition) is 2. The van der Waals surface area contributed by atoms with Gasteiger partial charge in [-0.15, -0.1) is 0 Å². The summed E-state index contributed by atoms with van der Waals surface area (Å²) in [5, 5.41) is 10.4. The highest BCUT2D eigenvalue weighted by Crippen LogP contribution is 2.26. The van der Waals surface area contributed by atoms with Crippen molar-refractivity contribution in [3.63, 3.8) is 0 Å². The van der Waals surface area contributed by atoms with Gasteiger partial charge < -0.3 is 19.8 Å². The maximum absolute atomic E-state index is 11.7. The molecule has 0 saturated carbocycles. The van der Waals surface area contributed by atoms with Crippen molar-refractivity contribution in [2.24, 2.45) is 0 Å². The lowest BCUT2D eigenvalue weighted by molar-refractivity contribution is 0.136. The quantitative estimate of drug-likeness (QED) is 0.562. The van der Waals surface area contributed by atoms with Crippen LogP contribution in [0.25, 0.3) is 11.3 Å². The van der Waals surface area contributed by atoms with Crippen LogP contribution in [0.1, 0.15) is 12.6 Å². The van der Waals surface area contributed by atoms with Crippen LogP contribution in [0.5, 0.6) is 0 Å². The largest absolute Gasteiger partial charge is 0.423 e. The van der Waals surface area contributed by atoms with Gasteiger partial charge in [-0.05, 0) is 26.0 Å². The molecule has 0 atom stereocenters. The highest BCUT2D eigenvalue weighted by Gasteiger charge is 2.22. The van der Waals surface area contributed by atoms with Gasteiger partial charge in [0.1, 0.15) is 5.82 Å². The summed E-state index contributed by atoms with van der Waals surface area (Å²) in [7, 11) is 0. The molecule has 4 heterocycles. The number of ether oxygens (including phenoxy) is 1. The molecule has 1 aliphatic heterocycles. The molecule has 0 aromatic carbocycles. The molecule has 152 valence electrons. The molecule has 3 aromatic rings. The van der Waals surface area contributed by atoms with Gasteiger partial charge in [0, 0.05) is 37.7 Å². The molecule has 1 fully saturated rings. The second-order valence-corrected chi connectivity index (χ2v) is 6.53. The summed E-state index contributed by atoms with van der Waals surface area (Å²) in [6.07, 6.45) is 5.20. The minimum absolute atomic E-state index is 0.131. The Morgan fingerprint density at radius 2 is 2.21 bits per heavy atom. The van der Waals surface area contributed by atoms with Crippen molar-refractivity contribution >= 4 is 23.6 Å². The number of nitrogens with zero attached hydrogens (tertiary/aromatic N) is 5. The number of nitrogens with one attached hydrogen (secondary N) is 2. The van der Waals surface area contributed by atoms with Crippen LogP contribution >= 0.6 is 0 Å². The molecule has 1 aliphatic rings. The summed E-state index contributed by atoms with van der Waals surface area (Å²) in [6.45, 7) is 7.10. The van der Waals surface area contributed by atoms with Crippen LogP contribution in [0.3, 0.4) is 0 Å². The van der Waals surface area contributed by atoms with Gasteiger partial charge in [-0.1, -0.05) is 0 Å². The molecule has 4 rings (SSSR count). The molecular formula is C19H23N7O3. The van der Waals surface area contributed by atoms with E-state index < -0.39 is 0 Å². The first-order valence-corrected chi connectivity index (χ1v) is 9.50. The van der Waals surface area contributed by atoms with Gasteiger partial charge in [0.15, 0.2) is 5.76 Å². The maximum atomic E-state index is 11.7. The van der Waals surface area contributed by atoms with E-state index in [4.69, 9.17) is 9.15 Å². The number of aromatic nitrogens is 4. The van der Waals surface area contributed by atoms with Crippen LogP contribution in [0.4, 0.5) is 22.3 Å². The Hall–Kier alpha value is -3.40. The lowest BCUT2D eigenvalue weighted by atomic mass is 10.2. The molecule has 0 unspecified atom stereocenters. The van der Waals surface area contributed by atoms with E-state index in [-0.39, 0.29) is 6.03 Å². The summed E-state index contributed by atoms with van der Waals surface area (Å²) < 4.78 is 13.0. The lowest BCUT2D eigenvalue weighted by Gasteiger charge is -2.12. The van der Waals surface area contributed by atoms with E-state index in [2.05, 4.69) is 25.7 Å². The zero-order valence-electron chi connectivity index (χ0n) is 16.4. The van der Waals surface area contributed by atoms with E-state index in [0.29, 0.717) is 50.4 Å². The number of carbonyl (C=O) groups excluding carboxylic acids is 1. The number of aryl methyl sites for hydroxylation is 1. The topological polar surface area (TPSA) is 110 Å². The molecule has 1 saturated heterocycles. The van der Waals surface area contributed by atoms with E-state index in [1.165, 1.54) is 0 Å². The van der Waals surface area contributed by atoms with E-state index in [0.717, 1.165) is 16.9 Å². The number of carbonyl (C=O) groups is 1. The minimum Gasteiger partial charge on any atom is -0.423 e. The van der Waals surface area contributed by atoms with Gasteiger partial charge in [0.05, 0.1) is 30.7 Å². The highest BCUT2D eigenvalue weighted by atomic mass is 16.5. The third-order valence-electron chi connectivity index (χ3n) is 4.53. The van der Waals surface area contributed by atoms with E-state index in [1.807, 2.05) is 30.8 Å². The van der Waals surface area contributed by atoms with E-state index in [1.54, 1.807) is 23.4 Å². The Labute approximate surface area is 167 Å². The van der Waals surface area contributed by atoms with Gasteiger partial charge in [-0.3, -0.25) is 9.58 Å². The Kier molecular flexibility index (Phi) is 5.43. The average molecular weight is 397 g/mol. The van der Waals surface area contributed by atoms with Crippen LogP contribution in [0, 0.1) is 6.92 Å². The smallest absolute Gasteiger partial charge is 0.323 e. The van der Waals surface area contributed by atoms with Gasteiger partial charge >= 0.3 is 6.03 Å². The number of anilines is 3. The Bertz CT molecular complexity index is 980. The van der Waals surface area contributed by atoms with Crippen molar-refractivity contribution in [1.82, 2.24) is 25.1 Å². The SMILES string of the molecule is CCOCCn1cc(Nc2ncc(-c3ccc(N4CCNC4=O)nc3)o2)c(C)n1. The lowest BCUT2D eigenvalue weighted by Crippen LogP contribution is -2.28. The van der Waals surface area contributed by atoms with Gasteiger partial charge in [-0.25, -0.2) is 14.8 Å². The fraction of sp³-hybridized carbons (Fsp3) is 0.368. The monoisotopic (exact) mass is 397 g/mol. The number of amides is 2. The normalized spacial score (nSPS) is 13.7. The van der Waals surface area contributed by atoms with Gasteiger partial charge in [0.25, 0.3) is 6.01 Å². The third-order valence-corrected chi connectivity index (χ3v) is 4.53. The number of hydrogen-bond acceptors (Lipinski definition) is 7. The average Bonchev–Trinajstić information content (AvgIpc) is 3.44. The van der Waals surface area contributed by atoms with E-state index >= 15 is 0 Å². The van der Waals surface area contributed by atoms with Crippen molar-refractivity contribution in [2.45, 2.75) is 20.4 Å². The summed E-state index contributed by atoms with van der Waals surface area (Å²) in [4.78, 5) is 22.0. The van der Waals surface area contributed by atoms with Crippen molar-refractivity contribution in [3.05, 3.63) is 36.4 Å². The molecule has 10 heteroatoms. The van der Waals surface area contributed by atoms with Crippen LogP contribution in [0.15, 0.2) is 35.1 Å². The number of pyridine rings is 1. The molecule has 2 N–H and O–H groups in total. The standard InChI is InChI=1S/C19H23N7O3/c1-3-28-9-8-25-12-15(13(2)24-25)23-18-22-11-16(29-18)14-4-5-17(21-10-14)26-7-6-20-19(26)27/h4-5,10-12H,3,6-9H2,1-2H3,(H,20,27)(H,22,23). The molecular weight excluding hydrogens is 374 g/mol. The first kappa shape index (κ1) is 18.9. The fourth-order valence-electron chi connectivity index (χ4n) is 3.02. The molecule has 0 bridgehead atoms. The Morgan fingerprint density at radius 3 is 2.93 bits per heavy atom. The van der Waals surface area contributed by atoms with Crippen LogP contribution < -0.4 is 15.5 Å².